The van der Waals surface area contributed by atoms with Gasteiger partial charge in [-0.1, -0.05) is 295 Å². The molecule has 4 heterocycles. The second-order valence-electron chi connectivity index (χ2n) is 39.0. The maximum atomic E-state index is 13.4. The zero-order valence-corrected chi connectivity index (χ0v) is 83.8. The van der Waals surface area contributed by atoms with Crippen LogP contribution >= 0.6 is 0 Å². The number of ether oxygens (including phenoxy) is 8. The third-order valence-corrected chi connectivity index (χ3v) is 26.3. The lowest BCUT2D eigenvalue weighted by molar-refractivity contribution is -0.396. The number of unbranched alkanes of at least 4 members (excludes halogenated alkanes) is 50. The molecule has 0 saturated carbocycles. The summed E-state index contributed by atoms with van der Waals surface area (Å²) in [5, 5.41) is 0. The van der Waals surface area contributed by atoms with E-state index in [1.807, 2.05) is 0 Å². The van der Waals surface area contributed by atoms with Gasteiger partial charge < -0.3 is 37.9 Å². The first-order chi connectivity index (χ1) is 67.3. The fourth-order valence-corrected chi connectivity index (χ4v) is 16.9. The van der Waals surface area contributed by atoms with Crippen LogP contribution in [0.2, 0.25) is 0 Å². The minimum absolute atomic E-state index is 0.0701. The maximum Gasteiger partial charge on any atom is 0.460 e. The molecule has 0 radical (unpaired) electrons. The molecule has 4 rings (SSSR count). The second kappa shape index (κ2) is 72.7. The van der Waals surface area contributed by atoms with E-state index in [0.29, 0.717) is 77.8 Å². The highest BCUT2D eigenvalue weighted by atomic mass is 19.5. The number of hydrogen-bond donors (Lipinski definition) is 0. The van der Waals surface area contributed by atoms with Crippen molar-refractivity contribution in [1.29, 1.82) is 0 Å². The number of halogens is 36. The molecule has 44 heteroatoms. The summed E-state index contributed by atoms with van der Waals surface area (Å²) in [6, 6.07) is 0. The molecule has 0 aromatic heterocycles. The van der Waals surface area contributed by atoms with Crippen molar-refractivity contribution in [2.45, 2.75) is 557 Å². The summed E-state index contributed by atoms with van der Waals surface area (Å²) in [4.78, 5) is 0. The lowest BCUT2D eigenvalue weighted by Crippen LogP contribution is -2.60. The summed E-state index contributed by atoms with van der Waals surface area (Å²) < 4.78 is 505. The van der Waals surface area contributed by atoms with Crippen molar-refractivity contribution in [3.8, 4) is 0 Å². The van der Waals surface area contributed by atoms with E-state index in [4.69, 9.17) is 37.9 Å². The molecule has 4 saturated heterocycles. The fraction of sp³-hybridized carbons (Fsp3) is 1.00. The monoisotopic (exact) mass is 2180 g/mol. The molecule has 4 fully saturated rings. The first-order valence-electron chi connectivity index (χ1n) is 52.9. The Balaban J connectivity index is 0.000000960. The molecule has 4 atom stereocenters. The summed E-state index contributed by atoms with van der Waals surface area (Å²) >= 11 is 0. The number of rotatable bonds is 82. The molecule has 4 aliphatic heterocycles. The Morgan fingerprint density at radius 1 is 0.146 bits per heavy atom. The van der Waals surface area contributed by atoms with Gasteiger partial charge in [0, 0.05) is 78.5 Å². The topological polar surface area (TPSA) is 73.8 Å². The van der Waals surface area contributed by atoms with Gasteiger partial charge in [-0.2, -0.15) is 158 Å². The van der Waals surface area contributed by atoms with Crippen molar-refractivity contribution in [1.82, 2.24) is 0 Å². The van der Waals surface area contributed by atoms with Crippen LogP contribution in [0.15, 0.2) is 0 Å². The molecule has 864 valence electrons. The molecule has 4 aliphatic rings. The molecule has 0 N–H and O–H groups in total. The quantitative estimate of drug-likeness (QED) is 0.0441. The summed E-state index contributed by atoms with van der Waals surface area (Å²) in [6.07, 6.45) is 21.7. The Morgan fingerprint density at radius 3 is 0.396 bits per heavy atom. The van der Waals surface area contributed by atoms with Crippen LogP contribution in [0.25, 0.3) is 0 Å². The molecule has 8 nitrogen and oxygen atoms in total. The lowest BCUT2D eigenvalue weighted by atomic mass is 9.97. The van der Waals surface area contributed by atoms with Crippen LogP contribution in [0.1, 0.15) is 437 Å². The third-order valence-electron chi connectivity index (χ3n) is 26.3. The summed E-state index contributed by atoms with van der Waals surface area (Å²) in [7, 11) is 0. The number of hydrogen-bond acceptors (Lipinski definition) is 8. The Labute approximate surface area is 829 Å². The third kappa shape index (κ3) is 54.3. The Morgan fingerprint density at radius 2 is 0.271 bits per heavy atom. The van der Waals surface area contributed by atoms with Crippen LogP contribution in [0.3, 0.4) is 0 Å². The van der Waals surface area contributed by atoms with E-state index >= 15 is 0 Å². The van der Waals surface area contributed by atoms with E-state index in [9.17, 15) is 158 Å². The van der Waals surface area contributed by atoms with Crippen molar-refractivity contribution >= 4 is 0 Å². The van der Waals surface area contributed by atoms with Gasteiger partial charge in [-0.25, -0.2) is 0 Å². The van der Waals surface area contributed by atoms with Crippen LogP contribution in [-0.2, 0) is 37.9 Å². The molecule has 0 aromatic carbocycles. The second-order valence-corrected chi connectivity index (χ2v) is 39.0. The largest absolute Gasteiger partial charge is 0.460 e. The van der Waals surface area contributed by atoms with E-state index in [1.54, 1.807) is 0 Å². The first-order valence-corrected chi connectivity index (χ1v) is 52.9. The zero-order valence-electron chi connectivity index (χ0n) is 83.8. The van der Waals surface area contributed by atoms with Gasteiger partial charge in [0.2, 0.25) is 0 Å². The Bertz CT molecular complexity index is 3030. The standard InChI is InChI=1S/C26H43F9O2.2C25H41F9O2.C24H39F9O2/c27-23(28,24(29,30)25(31,32)26(33,34)35)18-14-11-9-7-5-3-1-2-4-6-8-10-12-15-19-36-21-22-17-13-16-20-37-22;26-22(27,23(28,29)24(30,31)25(32,33)34)17-13-10-8-6-4-2-1-3-5-7-9-11-14-18-35-20-21-16-12-15-19-36-21;26-22(27,23(28,29)24(30,31)25(32,33)34)17-13-11-9-7-5-3-1-2-4-6-8-10-12-14-18-35-20-21-16-15-19-36-21;25-21(26,22(27,28)23(29,30)24(31,32)33)16-12-10-8-6-4-2-1-3-5-7-9-11-13-17-34-19-20-15-14-18-35-20/h22H,1-21H2;2*21H,1-20H2;20H,1-19H2. The minimum Gasteiger partial charge on any atom is -0.379 e. The fourth-order valence-electron chi connectivity index (χ4n) is 16.9. The molecule has 144 heavy (non-hydrogen) atoms. The van der Waals surface area contributed by atoms with Crippen LogP contribution in [0, 0.1) is 0 Å². The average molecular weight is 2180 g/mol. The van der Waals surface area contributed by atoms with E-state index < -0.39 is 147 Å². The predicted molar refractivity (Wildman–Crippen MR) is 480 cm³/mol. The van der Waals surface area contributed by atoms with Crippen LogP contribution < -0.4 is 0 Å². The van der Waals surface area contributed by atoms with Gasteiger partial charge in [0.25, 0.3) is 0 Å². The van der Waals surface area contributed by atoms with E-state index in [0.717, 1.165) is 310 Å². The van der Waals surface area contributed by atoms with Gasteiger partial charge in [-0.15, -0.1) is 0 Å². The average Bonchev–Trinajstić information content (AvgIpc) is 0.815. The van der Waals surface area contributed by atoms with Crippen LogP contribution in [0.5, 0.6) is 0 Å². The molecule has 0 bridgehead atoms. The van der Waals surface area contributed by atoms with Gasteiger partial charge in [0.15, 0.2) is 0 Å². The van der Waals surface area contributed by atoms with Gasteiger partial charge in [0.05, 0.1) is 50.8 Å². The van der Waals surface area contributed by atoms with Gasteiger partial charge in [-0.05, 0) is 116 Å². The van der Waals surface area contributed by atoms with E-state index in [1.165, 1.54) is 51.4 Å². The van der Waals surface area contributed by atoms with Crippen molar-refractivity contribution < 1.29 is 196 Å². The molecular formula is C100H164F36O8. The molecule has 0 aliphatic carbocycles. The van der Waals surface area contributed by atoms with Crippen molar-refractivity contribution in [3.63, 3.8) is 0 Å². The zero-order chi connectivity index (χ0) is 109. The molecule has 4 unspecified atom stereocenters. The maximum absolute atomic E-state index is 13.4. The van der Waals surface area contributed by atoms with Gasteiger partial charge in [0.1, 0.15) is 0 Å². The van der Waals surface area contributed by atoms with Crippen molar-refractivity contribution in [2.24, 2.45) is 0 Å². The van der Waals surface area contributed by atoms with Crippen molar-refractivity contribution in [3.05, 3.63) is 0 Å². The predicted octanol–water partition coefficient (Wildman–Crippen LogP) is 38.0. The minimum atomic E-state index is -6.79. The lowest BCUT2D eigenvalue weighted by Gasteiger charge is -2.33. The smallest absolute Gasteiger partial charge is 0.379 e. The highest BCUT2D eigenvalue weighted by molar-refractivity contribution is 5.04. The highest BCUT2D eigenvalue weighted by Crippen LogP contribution is 2.59. The van der Waals surface area contributed by atoms with Crippen LogP contribution in [-0.4, -0.2) is 199 Å². The van der Waals surface area contributed by atoms with Crippen LogP contribution in [0.4, 0.5) is 158 Å². The van der Waals surface area contributed by atoms with Gasteiger partial charge in [-0.3, -0.25) is 0 Å². The Kier molecular flexibility index (Phi) is 70.3. The Hall–Kier alpha value is -2.84. The molecule has 0 amide bonds. The first kappa shape index (κ1) is 139. The SMILES string of the molecule is FC(F)(F)C(F)(F)C(F)(F)C(F)(F)CCCCCCCCCCCCCCCCOCC1CCCCO1.FC(F)(F)C(F)(F)C(F)(F)C(F)(F)CCCCCCCCCCCCCCCCOCC1CCCO1.FC(F)(F)C(F)(F)C(F)(F)C(F)(F)CCCCCCCCCCCCCCCOCC1CCCCO1.FC(F)(F)C(F)(F)C(F)(F)C(F)(F)CCCCCCCCCCCCCCCOCC1CCCO1. The highest BCUT2D eigenvalue weighted by Gasteiger charge is 2.84. The van der Waals surface area contributed by atoms with E-state index in [2.05, 4.69) is 0 Å². The molecule has 0 aromatic rings. The summed E-state index contributed by atoms with van der Waals surface area (Å²) in [5.41, 5.74) is 0. The van der Waals surface area contributed by atoms with Gasteiger partial charge >= 0.3 is 95.8 Å². The van der Waals surface area contributed by atoms with Crippen molar-refractivity contribution in [2.75, 3.05) is 79.3 Å². The molecular weight excluding hydrogens is 2010 g/mol. The number of alkyl halides is 36. The normalized spacial score (nSPS) is 17.9. The summed E-state index contributed by atoms with van der Waals surface area (Å²) in [6.45, 7) is 9.21. The summed E-state index contributed by atoms with van der Waals surface area (Å²) in [5.74, 6) is -74.9. The molecule has 0 spiro atoms. The van der Waals surface area contributed by atoms with E-state index in [-0.39, 0.29) is 50.1 Å².